The van der Waals surface area contributed by atoms with Crippen molar-refractivity contribution in [3.63, 3.8) is 0 Å². The molecule has 3 heterocycles. The number of carbonyl (C=O) groups excluding carboxylic acids is 1. The van der Waals surface area contributed by atoms with Crippen LogP contribution in [0, 0.1) is 5.82 Å². The lowest BCUT2D eigenvalue weighted by Crippen LogP contribution is -2.29. The fourth-order valence-electron chi connectivity index (χ4n) is 3.47. The molecule has 0 aliphatic carbocycles. The second-order valence-corrected chi connectivity index (χ2v) is 6.56. The average Bonchev–Trinajstić information content (AvgIpc) is 3.15. The number of halogens is 2. The van der Waals surface area contributed by atoms with E-state index in [9.17, 15) is 9.18 Å². The summed E-state index contributed by atoms with van der Waals surface area (Å²) in [7, 11) is 0. The summed E-state index contributed by atoms with van der Waals surface area (Å²) in [6.45, 7) is 1.76. The number of piperidine rings is 1. The van der Waals surface area contributed by atoms with Crippen LogP contribution < -0.4 is 10.6 Å². The summed E-state index contributed by atoms with van der Waals surface area (Å²) < 4.78 is 15.4. The second-order valence-electron chi connectivity index (χ2n) is 6.56. The summed E-state index contributed by atoms with van der Waals surface area (Å²) in [6, 6.07) is 9.82. The van der Waals surface area contributed by atoms with Crippen LogP contribution in [0.15, 0.2) is 55.0 Å². The third kappa shape index (κ3) is 4.21. The standard InChI is InChI=1S/C20H20FN5O.ClH/c21-15-3-1-5-17(11-15)26-19(14-6-9-22-10-7-14)18(13-24-26)20(27)25-16-4-2-8-23-12-16;/h1-5,8,11-14,22H,6-7,9-10H2,(H,25,27);1H. The van der Waals surface area contributed by atoms with Gasteiger partial charge in [-0.05, 0) is 56.3 Å². The first-order valence-corrected chi connectivity index (χ1v) is 8.98. The third-order valence-corrected chi connectivity index (χ3v) is 4.75. The first-order valence-electron chi connectivity index (χ1n) is 8.98. The normalized spacial score (nSPS) is 14.3. The van der Waals surface area contributed by atoms with Crippen molar-refractivity contribution in [1.29, 1.82) is 0 Å². The molecule has 4 rings (SSSR count). The van der Waals surface area contributed by atoms with E-state index in [4.69, 9.17) is 0 Å². The van der Waals surface area contributed by atoms with Crippen molar-refractivity contribution in [3.8, 4) is 5.69 Å². The molecule has 0 bridgehead atoms. The smallest absolute Gasteiger partial charge is 0.259 e. The molecule has 0 saturated carbocycles. The van der Waals surface area contributed by atoms with Crippen molar-refractivity contribution in [3.05, 3.63) is 72.1 Å². The minimum absolute atomic E-state index is 0. The maximum atomic E-state index is 13.7. The highest BCUT2D eigenvalue weighted by Gasteiger charge is 2.27. The van der Waals surface area contributed by atoms with Crippen LogP contribution in [0.2, 0.25) is 0 Å². The highest BCUT2D eigenvalue weighted by molar-refractivity contribution is 6.05. The summed E-state index contributed by atoms with van der Waals surface area (Å²) in [5.74, 6) is -0.397. The largest absolute Gasteiger partial charge is 0.320 e. The van der Waals surface area contributed by atoms with Crippen molar-refractivity contribution < 1.29 is 9.18 Å². The molecule has 1 aromatic carbocycles. The molecular formula is C20H21ClFN5O. The maximum absolute atomic E-state index is 13.7. The molecule has 2 aromatic heterocycles. The molecule has 0 unspecified atom stereocenters. The van der Waals surface area contributed by atoms with Gasteiger partial charge in [-0.3, -0.25) is 9.78 Å². The van der Waals surface area contributed by atoms with Gasteiger partial charge < -0.3 is 10.6 Å². The number of anilines is 1. The number of pyridine rings is 1. The Bertz CT molecular complexity index is 941. The highest BCUT2D eigenvalue weighted by Crippen LogP contribution is 2.30. The number of carbonyl (C=O) groups is 1. The number of benzene rings is 1. The van der Waals surface area contributed by atoms with Gasteiger partial charge in [0.2, 0.25) is 0 Å². The van der Waals surface area contributed by atoms with Crippen molar-refractivity contribution >= 4 is 24.0 Å². The fraction of sp³-hybridized carbons (Fsp3) is 0.250. The number of nitrogens with zero attached hydrogens (tertiary/aromatic N) is 3. The van der Waals surface area contributed by atoms with Gasteiger partial charge in [0.05, 0.1) is 35.0 Å². The number of aromatic nitrogens is 3. The van der Waals surface area contributed by atoms with E-state index in [1.54, 1.807) is 47.5 Å². The molecule has 3 aromatic rings. The van der Waals surface area contributed by atoms with Crippen molar-refractivity contribution in [1.82, 2.24) is 20.1 Å². The van der Waals surface area contributed by atoms with Crippen LogP contribution in [0.4, 0.5) is 10.1 Å². The Hall–Kier alpha value is -2.77. The molecule has 2 N–H and O–H groups in total. The van der Waals surface area contributed by atoms with E-state index in [0.29, 0.717) is 16.9 Å². The molecule has 8 heteroatoms. The van der Waals surface area contributed by atoms with Gasteiger partial charge in [-0.1, -0.05) is 6.07 Å². The van der Waals surface area contributed by atoms with E-state index in [0.717, 1.165) is 31.6 Å². The van der Waals surface area contributed by atoms with Gasteiger partial charge in [-0.2, -0.15) is 5.10 Å². The second kappa shape index (κ2) is 8.95. The lowest BCUT2D eigenvalue weighted by Gasteiger charge is -2.24. The SMILES string of the molecule is Cl.O=C(Nc1cccnc1)c1cnn(-c2cccc(F)c2)c1C1CCNCC1. The average molecular weight is 402 g/mol. The molecule has 0 spiro atoms. The number of hydrogen-bond donors (Lipinski definition) is 2. The van der Waals surface area contributed by atoms with Crippen LogP contribution in [-0.2, 0) is 0 Å². The summed E-state index contributed by atoms with van der Waals surface area (Å²) in [5.41, 5.74) is 2.57. The molecule has 0 radical (unpaired) electrons. The monoisotopic (exact) mass is 401 g/mol. The van der Waals surface area contributed by atoms with Gasteiger partial charge in [0, 0.05) is 12.1 Å². The maximum Gasteiger partial charge on any atom is 0.259 e. The Morgan fingerprint density at radius 2 is 2.00 bits per heavy atom. The quantitative estimate of drug-likeness (QED) is 0.701. The predicted octanol–water partition coefficient (Wildman–Crippen LogP) is 3.55. The Morgan fingerprint density at radius 3 is 2.71 bits per heavy atom. The molecule has 1 amide bonds. The first-order chi connectivity index (χ1) is 13.2. The van der Waals surface area contributed by atoms with Crippen LogP contribution in [0.3, 0.4) is 0 Å². The van der Waals surface area contributed by atoms with E-state index in [2.05, 4.69) is 20.7 Å². The lowest BCUT2D eigenvalue weighted by molar-refractivity contribution is 0.102. The lowest BCUT2D eigenvalue weighted by atomic mass is 9.91. The minimum Gasteiger partial charge on any atom is -0.320 e. The molecule has 1 aliphatic rings. The fourth-order valence-corrected chi connectivity index (χ4v) is 3.47. The van der Waals surface area contributed by atoms with E-state index in [1.165, 1.54) is 12.1 Å². The molecule has 1 fully saturated rings. The Morgan fingerprint density at radius 1 is 1.18 bits per heavy atom. The van der Waals surface area contributed by atoms with Gasteiger partial charge in [0.15, 0.2) is 0 Å². The Balaban J connectivity index is 0.00000225. The third-order valence-electron chi connectivity index (χ3n) is 4.75. The van der Waals surface area contributed by atoms with Crippen molar-refractivity contribution in [2.45, 2.75) is 18.8 Å². The summed E-state index contributed by atoms with van der Waals surface area (Å²) in [5, 5.41) is 10.6. The molecule has 6 nitrogen and oxygen atoms in total. The van der Waals surface area contributed by atoms with Gasteiger partial charge in [0.25, 0.3) is 5.91 Å². The summed E-state index contributed by atoms with van der Waals surface area (Å²) in [6.07, 6.45) is 6.60. The molecule has 1 saturated heterocycles. The van der Waals surface area contributed by atoms with Crippen LogP contribution >= 0.6 is 12.4 Å². The van der Waals surface area contributed by atoms with E-state index < -0.39 is 0 Å². The number of hydrogen-bond acceptors (Lipinski definition) is 4. The summed E-state index contributed by atoms with van der Waals surface area (Å²) in [4.78, 5) is 16.9. The number of rotatable bonds is 4. The zero-order valence-electron chi connectivity index (χ0n) is 15.1. The van der Waals surface area contributed by atoms with Gasteiger partial charge in [0.1, 0.15) is 5.82 Å². The zero-order chi connectivity index (χ0) is 18.6. The number of amides is 1. The van der Waals surface area contributed by atoms with Crippen LogP contribution in [0.25, 0.3) is 5.69 Å². The Labute approximate surface area is 168 Å². The number of nitrogens with one attached hydrogen (secondary N) is 2. The van der Waals surface area contributed by atoms with Crippen molar-refractivity contribution in [2.24, 2.45) is 0 Å². The zero-order valence-corrected chi connectivity index (χ0v) is 16.0. The molecular weight excluding hydrogens is 381 g/mol. The van der Waals surface area contributed by atoms with Gasteiger partial charge >= 0.3 is 0 Å². The van der Waals surface area contributed by atoms with Gasteiger partial charge in [-0.25, -0.2) is 9.07 Å². The minimum atomic E-state index is -0.333. The van der Waals surface area contributed by atoms with E-state index in [-0.39, 0.29) is 30.0 Å². The predicted molar refractivity (Wildman–Crippen MR) is 108 cm³/mol. The van der Waals surface area contributed by atoms with E-state index >= 15 is 0 Å². The molecule has 0 atom stereocenters. The first kappa shape index (κ1) is 20.0. The Kier molecular flexibility index (Phi) is 6.38. The van der Waals surface area contributed by atoms with Crippen LogP contribution in [0.5, 0.6) is 0 Å². The van der Waals surface area contributed by atoms with Crippen molar-refractivity contribution in [2.75, 3.05) is 18.4 Å². The van der Waals surface area contributed by atoms with Crippen LogP contribution in [-0.4, -0.2) is 33.8 Å². The van der Waals surface area contributed by atoms with Gasteiger partial charge in [-0.15, -0.1) is 12.4 Å². The topological polar surface area (TPSA) is 71.8 Å². The molecule has 146 valence electrons. The molecule has 1 aliphatic heterocycles. The highest BCUT2D eigenvalue weighted by atomic mass is 35.5. The molecule has 28 heavy (non-hydrogen) atoms. The van der Waals surface area contributed by atoms with E-state index in [1.807, 2.05) is 0 Å². The van der Waals surface area contributed by atoms with Crippen LogP contribution in [0.1, 0.15) is 34.8 Å². The summed E-state index contributed by atoms with van der Waals surface area (Å²) >= 11 is 0.